The van der Waals surface area contributed by atoms with Gasteiger partial charge in [0.05, 0.1) is 31.4 Å². The maximum atomic E-state index is 15.5. The normalized spacial score (nSPS) is 17.7. The van der Waals surface area contributed by atoms with Crippen molar-refractivity contribution in [1.29, 1.82) is 0 Å². The largest absolute Gasteiger partial charge is 0.426 e. The predicted molar refractivity (Wildman–Crippen MR) is 200 cm³/mol. The van der Waals surface area contributed by atoms with Crippen LogP contribution in [0.4, 0.5) is 4.39 Å². The molecule has 0 bridgehead atoms. The van der Waals surface area contributed by atoms with E-state index in [1.807, 2.05) is 18.2 Å². The minimum Gasteiger partial charge on any atom is -0.426 e. The summed E-state index contributed by atoms with van der Waals surface area (Å²) in [5.41, 5.74) is 3.51. The maximum absolute atomic E-state index is 15.5. The van der Waals surface area contributed by atoms with Gasteiger partial charge in [-0.1, -0.05) is 30.9 Å². The van der Waals surface area contributed by atoms with Gasteiger partial charge in [-0.05, 0) is 101 Å². The molecule has 0 radical (unpaired) electrons. The molecule has 5 rings (SSSR count). The Morgan fingerprint density at radius 3 is 2.37 bits per heavy atom. The minimum absolute atomic E-state index is 0.159. The van der Waals surface area contributed by atoms with Crippen LogP contribution in [0, 0.1) is 15.9 Å². The average molecular weight is 775 g/mol. The molecule has 1 aliphatic heterocycles. The SMILES string of the molecule is CCC(CC(=O)Oc1cc2c(cc1F)C(CC(=O)Oc1ccc(P(=S)(S)N3CCOCC3)cc1)=C(C)/C2=C/c1ccc(S(C)=O)cc1)O[N+](=O)[O-]. The number of benzene rings is 3. The fraction of sp³-hybridized carbons (Fsp3) is 0.314. The van der Waals surface area contributed by atoms with E-state index in [1.165, 1.54) is 12.1 Å². The van der Waals surface area contributed by atoms with Gasteiger partial charge in [0.1, 0.15) is 11.9 Å². The Bertz CT molecular complexity index is 1960. The molecule has 2 aliphatic rings. The van der Waals surface area contributed by atoms with E-state index in [-0.39, 0.29) is 18.6 Å². The Balaban J connectivity index is 1.41. The summed E-state index contributed by atoms with van der Waals surface area (Å²) >= 11 is 10.7. The number of nitrogens with zero attached hydrogens (tertiary/aromatic N) is 2. The van der Waals surface area contributed by atoms with Crippen LogP contribution in [0.15, 0.2) is 71.1 Å². The van der Waals surface area contributed by atoms with Gasteiger partial charge in [0.2, 0.25) is 0 Å². The molecular formula is C35H36FN2O9PS3. The number of rotatable bonds is 13. The van der Waals surface area contributed by atoms with Gasteiger partial charge in [0, 0.05) is 40.3 Å². The molecule has 1 fully saturated rings. The number of halogens is 1. The van der Waals surface area contributed by atoms with Crippen LogP contribution in [0.1, 0.15) is 49.8 Å². The molecule has 51 heavy (non-hydrogen) atoms. The molecule has 3 atom stereocenters. The van der Waals surface area contributed by atoms with Crippen LogP contribution in [0.3, 0.4) is 0 Å². The molecule has 0 amide bonds. The van der Waals surface area contributed by atoms with Crippen LogP contribution in [0.25, 0.3) is 17.2 Å². The van der Waals surface area contributed by atoms with E-state index in [2.05, 4.69) is 9.51 Å². The van der Waals surface area contributed by atoms with Crippen LogP contribution >= 0.6 is 17.6 Å². The Morgan fingerprint density at radius 2 is 1.76 bits per heavy atom. The monoisotopic (exact) mass is 774 g/mol. The number of hydrogen-bond acceptors (Lipinski definition) is 10. The van der Waals surface area contributed by atoms with Gasteiger partial charge in [-0.3, -0.25) is 18.5 Å². The minimum atomic E-state index is -2.31. The summed E-state index contributed by atoms with van der Waals surface area (Å²) in [6, 6.07) is 16.6. The summed E-state index contributed by atoms with van der Waals surface area (Å²) in [6.45, 7) is 5.98. The van der Waals surface area contributed by atoms with Gasteiger partial charge >= 0.3 is 11.9 Å². The molecule has 16 heteroatoms. The molecule has 0 spiro atoms. The van der Waals surface area contributed by atoms with E-state index in [0.29, 0.717) is 64.8 Å². The summed E-state index contributed by atoms with van der Waals surface area (Å²) in [7, 11) is -1.17. The molecule has 1 heterocycles. The van der Waals surface area contributed by atoms with Crippen molar-refractivity contribution < 1.29 is 42.3 Å². The molecule has 0 saturated carbocycles. The van der Waals surface area contributed by atoms with Gasteiger partial charge < -0.3 is 19.0 Å². The van der Waals surface area contributed by atoms with Crippen molar-refractivity contribution in [3.63, 3.8) is 0 Å². The van der Waals surface area contributed by atoms with Crippen LogP contribution in [0.2, 0.25) is 0 Å². The topological polar surface area (TPSA) is 135 Å². The number of hydrogen-bond donors (Lipinski definition) is 1. The lowest BCUT2D eigenvalue weighted by atomic mass is 10.00. The molecule has 11 nitrogen and oxygen atoms in total. The molecule has 270 valence electrons. The highest BCUT2D eigenvalue weighted by Crippen LogP contribution is 2.53. The number of morpholine rings is 1. The summed E-state index contributed by atoms with van der Waals surface area (Å²) in [5, 5.41) is 8.34. The second kappa shape index (κ2) is 16.7. The second-order valence-electron chi connectivity index (χ2n) is 11.8. The van der Waals surface area contributed by atoms with Crippen molar-refractivity contribution in [2.45, 2.75) is 44.1 Å². The predicted octanol–water partition coefficient (Wildman–Crippen LogP) is 6.37. The smallest absolute Gasteiger partial charge is 0.315 e. The van der Waals surface area contributed by atoms with Crippen LogP contribution in [-0.2, 0) is 41.8 Å². The molecule has 3 aromatic carbocycles. The van der Waals surface area contributed by atoms with E-state index in [0.717, 1.165) is 10.9 Å². The maximum Gasteiger partial charge on any atom is 0.315 e. The van der Waals surface area contributed by atoms with E-state index in [1.54, 1.807) is 56.5 Å². The van der Waals surface area contributed by atoms with E-state index < -0.39 is 51.6 Å². The third-order valence-corrected chi connectivity index (χ3v) is 14.3. The number of fused-ring (bicyclic) bond motifs is 1. The Morgan fingerprint density at radius 1 is 1.10 bits per heavy atom. The highest BCUT2D eigenvalue weighted by molar-refractivity contribution is 8.65. The van der Waals surface area contributed by atoms with E-state index >= 15 is 4.39 Å². The third-order valence-electron chi connectivity index (χ3n) is 8.47. The number of thiol groups is 1. The summed E-state index contributed by atoms with van der Waals surface area (Å²) < 4.78 is 46.1. The van der Waals surface area contributed by atoms with Crippen molar-refractivity contribution in [2.24, 2.45) is 0 Å². The molecule has 3 aromatic rings. The lowest BCUT2D eigenvalue weighted by Crippen LogP contribution is -2.35. The Kier molecular flexibility index (Phi) is 12.6. The van der Waals surface area contributed by atoms with E-state index in [4.69, 9.17) is 38.3 Å². The molecule has 1 aliphatic carbocycles. The number of carbonyl (C=O) groups excluding carboxylic acids is 2. The zero-order valence-corrected chi connectivity index (χ0v) is 31.5. The van der Waals surface area contributed by atoms with Crippen LogP contribution in [0.5, 0.6) is 11.5 Å². The second-order valence-corrected chi connectivity index (χ2v) is 19.5. The zero-order valence-electron chi connectivity index (χ0n) is 28.0. The lowest BCUT2D eigenvalue weighted by molar-refractivity contribution is -0.768. The molecule has 0 N–H and O–H groups in total. The van der Waals surface area contributed by atoms with Gasteiger partial charge in [-0.15, -0.1) is 22.4 Å². The van der Waals surface area contributed by atoms with Crippen molar-refractivity contribution >= 4 is 74.7 Å². The molecule has 3 unspecified atom stereocenters. The standard InChI is InChI=1S/C35H36FN2O9PS3/c1-4-24(47-38(41)42)18-34(39)46-33-20-31-28(17-23-5-11-27(12-6-23)51(3)43)22(2)29(30(31)19-32(33)36)21-35(40)45-25-7-9-26(10-8-25)48(49,50)37-13-15-44-16-14-37/h5-12,17,19-20,24H,4,13-16,18,21H2,1-3H3,(H,49,50)/b28-17-. The quantitative estimate of drug-likeness (QED) is 0.0519. The van der Waals surface area contributed by atoms with Gasteiger partial charge in [-0.2, -0.15) is 0 Å². The summed E-state index contributed by atoms with van der Waals surface area (Å²) in [4.78, 5) is 41.9. The Labute approximate surface area is 307 Å². The number of ether oxygens (including phenoxy) is 3. The van der Waals surface area contributed by atoms with Crippen molar-refractivity contribution in [2.75, 3.05) is 32.6 Å². The first-order chi connectivity index (χ1) is 24.3. The van der Waals surface area contributed by atoms with Gasteiger partial charge in [0.15, 0.2) is 11.6 Å². The summed E-state index contributed by atoms with van der Waals surface area (Å²) in [5.74, 6) is -2.42. The van der Waals surface area contributed by atoms with Crippen molar-refractivity contribution in [3.05, 3.63) is 98.9 Å². The fourth-order valence-corrected chi connectivity index (χ4v) is 9.62. The fourth-order valence-electron chi connectivity index (χ4n) is 5.74. The van der Waals surface area contributed by atoms with Crippen LogP contribution in [-0.4, -0.2) is 64.6 Å². The first-order valence-electron chi connectivity index (χ1n) is 16.0. The summed E-state index contributed by atoms with van der Waals surface area (Å²) in [6.07, 6.45) is 1.86. The number of esters is 2. The first-order valence-corrected chi connectivity index (χ1v) is 21.4. The average Bonchev–Trinajstić information content (AvgIpc) is 3.33. The van der Waals surface area contributed by atoms with Crippen LogP contribution < -0.4 is 14.8 Å². The zero-order chi connectivity index (χ0) is 36.9. The molecule has 0 aromatic heterocycles. The number of allylic oxidation sites excluding steroid dienone is 2. The Hall–Kier alpha value is -3.72. The van der Waals surface area contributed by atoms with Crippen molar-refractivity contribution in [3.8, 4) is 11.5 Å². The third kappa shape index (κ3) is 9.39. The molecule has 1 saturated heterocycles. The van der Waals surface area contributed by atoms with Crippen molar-refractivity contribution in [1.82, 2.24) is 4.67 Å². The highest BCUT2D eigenvalue weighted by Gasteiger charge is 2.30. The van der Waals surface area contributed by atoms with E-state index in [9.17, 15) is 23.9 Å². The first kappa shape index (κ1) is 38.5. The van der Waals surface area contributed by atoms with Gasteiger partial charge in [-0.25, -0.2) is 4.39 Å². The number of carbonyl (C=O) groups is 2. The lowest BCUT2D eigenvalue weighted by Gasteiger charge is -2.34. The molecular weight excluding hydrogens is 739 g/mol. The van der Waals surface area contributed by atoms with Gasteiger partial charge in [0.25, 0.3) is 5.09 Å². The highest BCUT2D eigenvalue weighted by atomic mass is 32.9.